The van der Waals surface area contributed by atoms with E-state index in [1.54, 1.807) is 0 Å². The SMILES string of the molecule is c1ccc(N2N=N[C@H]3[C@@H]4C[C@H]([C@H]5CCC[C@@H]54)[C@H]32)cc1. The highest BCUT2D eigenvalue weighted by molar-refractivity contribution is 5.48. The summed E-state index contributed by atoms with van der Waals surface area (Å²) in [7, 11) is 0. The minimum atomic E-state index is 0.490. The van der Waals surface area contributed by atoms with Crippen LogP contribution >= 0.6 is 0 Å². The van der Waals surface area contributed by atoms with Crippen LogP contribution in [-0.2, 0) is 0 Å². The van der Waals surface area contributed by atoms with Crippen molar-refractivity contribution < 1.29 is 0 Å². The molecule has 0 radical (unpaired) electrons. The standard InChI is InChI=1S/C16H19N3/c1-2-5-10(6-3-1)19-16-14-9-13(15(16)17-18-19)11-7-4-8-12(11)14/h1-3,5-6,11-16H,4,7-9H2/t11-,12-,13+,14+,15-,16+/m0/s1. The van der Waals surface area contributed by atoms with E-state index in [1.807, 2.05) is 0 Å². The number of para-hydroxylation sites is 1. The number of rotatable bonds is 1. The molecule has 1 aliphatic heterocycles. The van der Waals surface area contributed by atoms with Gasteiger partial charge in [-0.25, -0.2) is 5.01 Å². The van der Waals surface area contributed by atoms with Crippen LogP contribution in [0, 0.1) is 23.7 Å². The van der Waals surface area contributed by atoms with Gasteiger partial charge in [-0.05, 0) is 55.1 Å². The van der Waals surface area contributed by atoms with Crippen molar-refractivity contribution in [3.8, 4) is 0 Å². The maximum Gasteiger partial charge on any atom is 0.0987 e. The Morgan fingerprint density at radius 2 is 1.74 bits per heavy atom. The predicted molar refractivity (Wildman–Crippen MR) is 73.8 cm³/mol. The van der Waals surface area contributed by atoms with E-state index >= 15 is 0 Å². The summed E-state index contributed by atoms with van der Waals surface area (Å²) in [6, 6.07) is 11.7. The highest BCUT2D eigenvalue weighted by atomic mass is 15.6. The molecule has 3 saturated carbocycles. The van der Waals surface area contributed by atoms with Crippen molar-refractivity contribution in [1.29, 1.82) is 0 Å². The van der Waals surface area contributed by atoms with E-state index in [-0.39, 0.29) is 0 Å². The zero-order valence-corrected chi connectivity index (χ0v) is 11.0. The van der Waals surface area contributed by atoms with Gasteiger partial charge in [-0.1, -0.05) is 29.8 Å². The van der Waals surface area contributed by atoms with Gasteiger partial charge in [0, 0.05) is 0 Å². The smallest absolute Gasteiger partial charge is 0.0987 e. The van der Waals surface area contributed by atoms with Crippen molar-refractivity contribution in [1.82, 2.24) is 0 Å². The van der Waals surface area contributed by atoms with Gasteiger partial charge in [0.1, 0.15) is 0 Å². The van der Waals surface area contributed by atoms with Gasteiger partial charge in [0.25, 0.3) is 0 Å². The van der Waals surface area contributed by atoms with Crippen molar-refractivity contribution in [2.45, 2.75) is 37.8 Å². The van der Waals surface area contributed by atoms with E-state index in [0.29, 0.717) is 12.1 Å². The monoisotopic (exact) mass is 253 g/mol. The fourth-order valence-corrected chi connectivity index (χ4v) is 5.50. The molecule has 3 fully saturated rings. The normalized spacial score (nSPS) is 45.8. The largest absolute Gasteiger partial charge is 0.242 e. The highest BCUT2D eigenvalue weighted by Gasteiger charge is 2.62. The molecule has 1 aromatic rings. The molecular formula is C16H19N3. The highest BCUT2D eigenvalue weighted by Crippen LogP contribution is 2.62. The van der Waals surface area contributed by atoms with Crippen molar-refractivity contribution in [2.24, 2.45) is 34.0 Å². The van der Waals surface area contributed by atoms with Crippen LogP contribution in [0.25, 0.3) is 0 Å². The summed E-state index contributed by atoms with van der Waals surface area (Å²) >= 11 is 0. The molecule has 4 aliphatic rings. The molecule has 0 saturated heterocycles. The molecule has 98 valence electrons. The number of hydrogen-bond donors (Lipinski definition) is 0. The Balaban J connectivity index is 1.52. The summed E-state index contributed by atoms with van der Waals surface area (Å²) in [4.78, 5) is 0. The van der Waals surface area contributed by atoms with Crippen molar-refractivity contribution in [2.75, 3.05) is 5.01 Å². The van der Waals surface area contributed by atoms with E-state index in [9.17, 15) is 0 Å². The van der Waals surface area contributed by atoms with Gasteiger partial charge in [0.05, 0.1) is 17.8 Å². The van der Waals surface area contributed by atoms with Crippen LogP contribution in [-0.4, -0.2) is 12.1 Å². The van der Waals surface area contributed by atoms with Gasteiger partial charge >= 0.3 is 0 Å². The second-order valence-corrected chi connectivity index (χ2v) is 6.69. The van der Waals surface area contributed by atoms with Crippen LogP contribution in [0.2, 0.25) is 0 Å². The molecule has 1 aromatic carbocycles. The van der Waals surface area contributed by atoms with Crippen molar-refractivity contribution >= 4 is 5.69 Å². The number of nitrogens with zero attached hydrogens (tertiary/aromatic N) is 3. The van der Waals surface area contributed by atoms with E-state index in [4.69, 9.17) is 0 Å². The Kier molecular flexibility index (Phi) is 1.97. The van der Waals surface area contributed by atoms with Gasteiger partial charge in [-0.3, -0.25) is 0 Å². The fraction of sp³-hybridized carbons (Fsp3) is 0.625. The molecule has 0 N–H and O–H groups in total. The minimum absolute atomic E-state index is 0.490. The summed E-state index contributed by atoms with van der Waals surface area (Å²) in [5.41, 5.74) is 1.22. The van der Waals surface area contributed by atoms with Crippen LogP contribution in [0.1, 0.15) is 25.7 Å². The quantitative estimate of drug-likeness (QED) is 0.750. The van der Waals surface area contributed by atoms with Crippen LogP contribution in [0.4, 0.5) is 5.69 Å². The van der Waals surface area contributed by atoms with Gasteiger partial charge in [0.2, 0.25) is 0 Å². The molecule has 2 bridgehead atoms. The number of anilines is 1. The lowest BCUT2D eigenvalue weighted by molar-refractivity contribution is 0.217. The molecule has 5 rings (SSSR count). The minimum Gasteiger partial charge on any atom is -0.242 e. The molecular weight excluding hydrogens is 234 g/mol. The van der Waals surface area contributed by atoms with Gasteiger partial charge in [-0.2, -0.15) is 5.11 Å². The maximum atomic E-state index is 4.65. The third-order valence-corrected chi connectivity index (χ3v) is 6.08. The van der Waals surface area contributed by atoms with Crippen LogP contribution in [0.5, 0.6) is 0 Å². The lowest BCUT2D eigenvalue weighted by Gasteiger charge is -2.35. The summed E-state index contributed by atoms with van der Waals surface area (Å²) in [5, 5.41) is 11.4. The molecule has 0 unspecified atom stereocenters. The van der Waals surface area contributed by atoms with Crippen LogP contribution < -0.4 is 5.01 Å². The number of hydrogen-bond acceptors (Lipinski definition) is 3. The molecule has 3 aliphatic carbocycles. The zero-order chi connectivity index (χ0) is 12.4. The third-order valence-electron chi connectivity index (χ3n) is 6.08. The van der Waals surface area contributed by atoms with Crippen molar-refractivity contribution in [3.63, 3.8) is 0 Å². The maximum absolute atomic E-state index is 4.65. The molecule has 0 aromatic heterocycles. The molecule has 19 heavy (non-hydrogen) atoms. The van der Waals surface area contributed by atoms with E-state index in [2.05, 4.69) is 45.7 Å². The summed E-state index contributed by atoms with van der Waals surface area (Å²) in [5.74, 6) is 3.62. The van der Waals surface area contributed by atoms with Crippen molar-refractivity contribution in [3.05, 3.63) is 30.3 Å². The molecule has 3 heteroatoms. The lowest BCUT2D eigenvalue weighted by atomic mass is 9.76. The lowest BCUT2D eigenvalue weighted by Crippen LogP contribution is -2.44. The summed E-state index contributed by atoms with van der Waals surface area (Å²) in [6.07, 6.45) is 5.77. The van der Waals surface area contributed by atoms with Crippen LogP contribution in [0.15, 0.2) is 40.7 Å². The Bertz CT molecular complexity index is 526. The zero-order valence-electron chi connectivity index (χ0n) is 11.0. The summed E-state index contributed by atoms with van der Waals surface area (Å²) < 4.78 is 0. The molecule has 0 spiro atoms. The average molecular weight is 253 g/mol. The van der Waals surface area contributed by atoms with Gasteiger partial charge in [-0.15, -0.1) is 0 Å². The first kappa shape index (κ1) is 10.4. The van der Waals surface area contributed by atoms with Crippen LogP contribution in [0.3, 0.4) is 0 Å². The Morgan fingerprint density at radius 1 is 0.947 bits per heavy atom. The predicted octanol–water partition coefficient (Wildman–Crippen LogP) is 3.68. The molecule has 0 amide bonds. The Morgan fingerprint density at radius 3 is 2.58 bits per heavy atom. The molecule has 3 nitrogen and oxygen atoms in total. The first-order valence-corrected chi connectivity index (χ1v) is 7.68. The summed E-state index contributed by atoms with van der Waals surface area (Å²) in [6.45, 7) is 0. The molecule has 6 atom stereocenters. The fourth-order valence-electron chi connectivity index (χ4n) is 5.50. The number of benzene rings is 1. The van der Waals surface area contributed by atoms with E-state index in [1.165, 1.54) is 31.4 Å². The number of fused-ring (bicyclic) bond motifs is 8. The first-order chi connectivity index (χ1) is 9.43. The third kappa shape index (κ3) is 1.24. The van der Waals surface area contributed by atoms with Gasteiger partial charge in [0.15, 0.2) is 0 Å². The first-order valence-electron chi connectivity index (χ1n) is 7.68. The second kappa shape index (κ2) is 3.59. The van der Waals surface area contributed by atoms with E-state index in [0.717, 1.165) is 23.7 Å². The average Bonchev–Trinajstić information content (AvgIpc) is 3.17. The molecule has 1 heterocycles. The van der Waals surface area contributed by atoms with E-state index < -0.39 is 0 Å². The Hall–Kier alpha value is -1.38. The van der Waals surface area contributed by atoms with Gasteiger partial charge < -0.3 is 0 Å². The second-order valence-electron chi connectivity index (χ2n) is 6.69. The topological polar surface area (TPSA) is 28.0 Å². The Labute approximate surface area is 113 Å².